The van der Waals surface area contributed by atoms with Crippen LogP contribution in [0.5, 0.6) is 0 Å². The summed E-state index contributed by atoms with van der Waals surface area (Å²) in [5.41, 5.74) is 0. The highest BCUT2D eigenvalue weighted by Gasteiger charge is 2.13. The molecule has 0 aliphatic carbocycles. The van der Waals surface area contributed by atoms with Crippen molar-refractivity contribution < 1.29 is 14.7 Å². The Morgan fingerprint density at radius 2 is 2.22 bits per heavy atom. The smallest absolute Gasteiger partial charge is 0.307 e. The Morgan fingerprint density at radius 1 is 1.50 bits per heavy atom. The monoisotopic (exact) mass is 287 g/mol. The number of carboxylic acids is 1. The summed E-state index contributed by atoms with van der Waals surface area (Å²) in [7, 11) is 0. The molecule has 1 heterocycles. The lowest BCUT2D eigenvalue weighted by Gasteiger charge is -2.12. The van der Waals surface area contributed by atoms with Crippen LogP contribution in [0.15, 0.2) is 17.5 Å². The third-order valence-corrected chi connectivity index (χ3v) is 4.63. The topological polar surface area (TPSA) is 66.4 Å². The Balaban J connectivity index is 2.24. The second-order valence-electron chi connectivity index (χ2n) is 4.06. The first-order valence-electron chi connectivity index (χ1n) is 5.64. The minimum absolute atomic E-state index is 0.00926. The molecule has 4 nitrogen and oxygen atoms in total. The van der Waals surface area contributed by atoms with Gasteiger partial charge in [0.05, 0.1) is 17.7 Å². The number of hydrogen-bond acceptors (Lipinski definition) is 4. The normalized spacial score (nSPS) is 13.9. The number of thioether (sulfide) groups is 1. The summed E-state index contributed by atoms with van der Waals surface area (Å²) in [4.78, 5) is 23.3. The van der Waals surface area contributed by atoms with Gasteiger partial charge in [-0.3, -0.25) is 9.59 Å². The molecule has 6 heteroatoms. The van der Waals surface area contributed by atoms with Crippen LogP contribution >= 0.6 is 23.1 Å². The van der Waals surface area contributed by atoms with Gasteiger partial charge in [0.1, 0.15) is 0 Å². The van der Waals surface area contributed by atoms with E-state index in [2.05, 4.69) is 5.32 Å². The maximum Gasteiger partial charge on any atom is 0.307 e. The van der Waals surface area contributed by atoms with Crippen LogP contribution in [0.3, 0.4) is 0 Å². The Bertz CT molecular complexity index is 392. The Kier molecular flexibility index (Phi) is 6.21. The zero-order chi connectivity index (χ0) is 13.5. The first-order chi connectivity index (χ1) is 8.50. The summed E-state index contributed by atoms with van der Waals surface area (Å²) in [5.74, 6) is -0.547. The largest absolute Gasteiger partial charge is 0.481 e. The molecule has 0 aromatic carbocycles. The molecule has 0 aliphatic heterocycles. The molecule has 1 amide bonds. The van der Waals surface area contributed by atoms with Crippen molar-refractivity contribution in [1.29, 1.82) is 0 Å². The molecule has 0 saturated heterocycles. The molecule has 0 spiro atoms. The number of carboxylic acid groups (broad SMARTS) is 1. The average Bonchev–Trinajstić information content (AvgIpc) is 2.81. The molecule has 0 fully saturated rings. The fourth-order valence-electron chi connectivity index (χ4n) is 1.29. The molecule has 1 aromatic heterocycles. The molecule has 0 saturated carbocycles. The Hall–Kier alpha value is -1.01. The average molecular weight is 287 g/mol. The van der Waals surface area contributed by atoms with Crippen molar-refractivity contribution in [2.75, 3.05) is 11.5 Å². The molecular formula is C12H17NO3S2. The van der Waals surface area contributed by atoms with E-state index in [0.717, 1.165) is 4.88 Å². The highest BCUT2D eigenvalue weighted by Crippen LogP contribution is 2.18. The summed E-state index contributed by atoms with van der Waals surface area (Å²) in [6, 6.07) is 3.94. The SMILES string of the molecule is CC(CSCC(=O)NC(C)c1cccs1)C(=O)O. The molecular weight excluding hydrogens is 270 g/mol. The molecule has 2 atom stereocenters. The minimum atomic E-state index is -0.824. The highest BCUT2D eigenvalue weighted by atomic mass is 32.2. The van der Waals surface area contributed by atoms with Crippen LogP contribution in [0.1, 0.15) is 24.8 Å². The zero-order valence-corrected chi connectivity index (χ0v) is 12.0. The van der Waals surface area contributed by atoms with E-state index in [1.807, 2.05) is 24.4 Å². The van der Waals surface area contributed by atoms with Crippen LogP contribution in [-0.4, -0.2) is 28.5 Å². The first kappa shape index (κ1) is 15.0. The van der Waals surface area contributed by atoms with Gasteiger partial charge in [0, 0.05) is 10.6 Å². The summed E-state index contributed by atoms with van der Waals surface area (Å²) < 4.78 is 0. The molecule has 1 rings (SSSR count). The van der Waals surface area contributed by atoms with E-state index in [4.69, 9.17) is 5.11 Å². The fourth-order valence-corrected chi connectivity index (χ4v) is 2.91. The van der Waals surface area contributed by atoms with Crippen molar-refractivity contribution in [3.63, 3.8) is 0 Å². The maximum atomic E-state index is 11.6. The molecule has 1 aromatic rings. The van der Waals surface area contributed by atoms with E-state index in [0.29, 0.717) is 11.5 Å². The van der Waals surface area contributed by atoms with Gasteiger partial charge in [0.2, 0.25) is 5.91 Å². The highest BCUT2D eigenvalue weighted by molar-refractivity contribution is 7.99. The fraction of sp³-hybridized carbons (Fsp3) is 0.500. The van der Waals surface area contributed by atoms with Crippen LogP contribution in [-0.2, 0) is 9.59 Å². The van der Waals surface area contributed by atoms with Gasteiger partial charge >= 0.3 is 5.97 Å². The van der Waals surface area contributed by atoms with E-state index >= 15 is 0 Å². The van der Waals surface area contributed by atoms with Crippen LogP contribution in [0, 0.1) is 5.92 Å². The number of aliphatic carboxylic acids is 1. The van der Waals surface area contributed by atoms with Gasteiger partial charge in [0.15, 0.2) is 0 Å². The van der Waals surface area contributed by atoms with Crippen LogP contribution in [0.4, 0.5) is 0 Å². The van der Waals surface area contributed by atoms with Gasteiger partial charge in [-0.2, -0.15) is 11.8 Å². The predicted octanol–water partition coefficient (Wildman–Crippen LogP) is 2.38. The van der Waals surface area contributed by atoms with Crippen molar-refractivity contribution in [1.82, 2.24) is 5.32 Å². The van der Waals surface area contributed by atoms with Crippen molar-refractivity contribution in [3.05, 3.63) is 22.4 Å². The third kappa shape index (κ3) is 5.10. The minimum Gasteiger partial charge on any atom is -0.481 e. The number of thiophene rings is 1. The molecule has 18 heavy (non-hydrogen) atoms. The van der Waals surface area contributed by atoms with E-state index in [-0.39, 0.29) is 11.9 Å². The molecule has 0 radical (unpaired) electrons. The van der Waals surface area contributed by atoms with Gasteiger partial charge in [-0.25, -0.2) is 0 Å². The van der Waals surface area contributed by atoms with Crippen LogP contribution in [0.25, 0.3) is 0 Å². The Morgan fingerprint density at radius 3 is 2.78 bits per heavy atom. The lowest BCUT2D eigenvalue weighted by atomic mass is 10.2. The lowest BCUT2D eigenvalue weighted by molar-refractivity contribution is -0.140. The Labute approximate surface area is 115 Å². The van der Waals surface area contributed by atoms with Crippen LogP contribution in [0.2, 0.25) is 0 Å². The van der Waals surface area contributed by atoms with E-state index in [9.17, 15) is 9.59 Å². The van der Waals surface area contributed by atoms with Gasteiger partial charge in [0.25, 0.3) is 0 Å². The predicted molar refractivity (Wildman–Crippen MR) is 75.0 cm³/mol. The molecule has 0 aliphatic rings. The van der Waals surface area contributed by atoms with Crippen molar-refractivity contribution in [2.45, 2.75) is 19.9 Å². The molecule has 2 unspecified atom stereocenters. The summed E-state index contributed by atoms with van der Waals surface area (Å²) in [6.45, 7) is 3.58. The lowest BCUT2D eigenvalue weighted by Crippen LogP contribution is -2.28. The van der Waals surface area contributed by atoms with E-state index in [1.165, 1.54) is 11.8 Å². The number of amides is 1. The van der Waals surface area contributed by atoms with Gasteiger partial charge in [-0.05, 0) is 18.4 Å². The number of carbonyl (C=O) groups excluding carboxylic acids is 1. The van der Waals surface area contributed by atoms with E-state index < -0.39 is 11.9 Å². The zero-order valence-electron chi connectivity index (χ0n) is 10.4. The van der Waals surface area contributed by atoms with Crippen molar-refractivity contribution in [2.24, 2.45) is 5.92 Å². The molecule has 100 valence electrons. The summed E-state index contributed by atoms with van der Waals surface area (Å²) >= 11 is 2.95. The van der Waals surface area contributed by atoms with Gasteiger partial charge < -0.3 is 10.4 Å². The standard InChI is InChI=1S/C12H17NO3S2/c1-8(12(15)16)6-17-7-11(14)13-9(2)10-4-3-5-18-10/h3-5,8-9H,6-7H2,1-2H3,(H,13,14)(H,15,16). The first-order valence-corrected chi connectivity index (χ1v) is 7.67. The second-order valence-corrected chi connectivity index (χ2v) is 6.07. The summed E-state index contributed by atoms with van der Waals surface area (Å²) in [6.07, 6.45) is 0. The molecule has 2 N–H and O–H groups in total. The number of rotatable bonds is 7. The quantitative estimate of drug-likeness (QED) is 0.808. The number of carbonyl (C=O) groups is 2. The summed E-state index contributed by atoms with van der Waals surface area (Å²) in [5, 5.41) is 13.6. The number of nitrogens with one attached hydrogen (secondary N) is 1. The van der Waals surface area contributed by atoms with Crippen molar-refractivity contribution in [3.8, 4) is 0 Å². The second kappa shape index (κ2) is 7.43. The third-order valence-electron chi connectivity index (χ3n) is 2.37. The maximum absolute atomic E-state index is 11.6. The van der Waals surface area contributed by atoms with Crippen molar-refractivity contribution >= 4 is 35.0 Å². The molecule has 0 bridgehead atoms. The van der Waals surface area contributed by atoms with Crippen LogP contribution < -0.4 is 5.32 Å². The van der Waals surface area contributed by atoms with E-state index in [1.54, 1.807) is 18.3 Å². The van der Waals surface area contributed by atoms with Gasteiger partial charge in [-0.15, -0.1) is 11.3 Å². The van der Waals surface area contributed by atoms with Gasteiger partial charge in [-0.1, -0.05) is 13.0 Å². The number of hydrogen-bond donors (Lipinski definition) is 2.